The second-order valence-corrected chi connectivity index (χ2v) is 3.93. The highest BCUT2D eigenvalue weighted by molar-refractivity contribution is 5.92. The second kappa shape index (κ2) is 4.44. The normalized spacial score (nSPS) is 22.6. The molecular weight excluding hydrogens is 206 g/mol. The molecular formula is C10H15N5O. The molecule has 1 aliphatic carbocycles. The fourth-order valence-electron chi connectivity index (χ4n) is 1.65. The van der Waals surface area contributed by atoms with E-state index in [1.54, 1.807) is 12.1 Å². The molecule has 0 aromatic carbocycles. The molecule has 6 heteroatoms. The average Bonchev–Trinajstić information content (AvgIpc) is 3.07. The molecule has 16 heavy (non-hydrogen) atoms. The average molecular weight is 221 g/mol. The van der Waals surface area contributed by atoms with E-state index in [-0.39, 0.29) is 5.91 Å². The lowest BCUT2D eigenvalue weighted by Crippen LogP contribution is -2.28. The molecule has 1 amide bonds. The van der Waals surface area contributed by atoms with Crippen LogP contribution in [0.5, 0.6) is 0 Å². The summed E-state index contributed by atoms with van der Waals surface area (Å²) in [6, 6.07) is 3.53. The van der Waals surface area contributed by atoms with Crippen LogP contribution in [0.1, 0.15) is 30.3 Å². The minimum Gasteiger partial charge on any atom is -0.348 e. The highest BCUT2D eigenvalue weighted by Crippen LogP contribution is 2.33. The number of hydrogen-bond acceptors (Lipinski definition) is 5. The lowest BCUT2D eigenvalue weighted by Gasteiger charge is -2.03. The number of hydrogen-bond donors (Lipinski definition) is 3. The van der Waals surface area contributed by atoms with Gasteiger partial charge in [0.2, 0.25) is 0 Å². The summed E-state index contributed by atoms with van der Waals surface area (Å²) in [6.45, 7) is 2.12. The molecule has 1 aliphatic rings. The van der Waals surface area contributed by atoms with E-state index in [9.17, 15) is 4.79 Å². The number of carbonyl (C=O) groups excluding carboxylic acids is 1. The molecule has 2 rings (SSSR count). The SMILES string of the molecule is CCC1CC1NC(=O)c1ccc(NN)nn1. The topological polar surface area (TPSA) is 92.9 Å². The van der Waals surface area contributed by atoms with Gasteiger partial charge in [-0.2, -0.15) is 0 Å². The predicted octanol–water partition coefficient (Wildman–Crippen LogP) is 0.290. The minimum atomic E-state index is -0.169. The Balaban J connectivity index is 1.93. The van der Waals surface area contributed by atoms with Gasteiger partial charge in [-0.15, -0.1) is 10.2 Å². The molecule has 2 unspecified atom stereocenters. The van der Waals surface area contributed by atoms with Gasteiger partial charge in [-0.25, -0.2) is 5.84 Å². The van der Waals surface area contributed by atoms with E-state index >= 15 is 0 Å². The molecule has 0 bridgehead atoms. The maximum atomic E-state index is 11.7. The number of aromatic nitrogens is 2. The highest BCUT2D eigenvalue weighted by atomic mass is 16.2. The smallest absolute Gasteiger partial charge is 0.272 e. The third-order valence-corrected chi connectivity index (χ3v) is 2.81. The van der Waals surface area contributed by atoms with Crippen LogP contribution >= 0.6 is 0 Å². The molecule has 1 heterocycles. The quantitative estimate of drug-likeness (QED) is 0.502. The maximum Gasteiger partial charge on any atom is 0.272 e. The molecule has 6 nitrogen and oxygen atoms in total. The van der Waals surface area contributed by atoms with E-state index in [1.165, 1.54) is 0 Å². The van der Waals surface area contributed by atoms with Crippen molar-refractivity contribution in [3.8, 4) is 0 Å². The van der Waals surface area contributed by atoms with Crippen LogP contribution in [0.3, 0.4) is 0 Å². The van der Waals surface area contributed by atoms with Crippen LogP contribution in [0.4, 0.5) is 5.82 Å². The van der Waals surface area contributed by atoms with Crippen molar-refractivity contribution in [2.75, 3.05) is 5.43 Å². The first-order valence-corrected chi connectivity index (χ1v) is 5.35. The molecule has 1 aromatic heterocycles. The number of nitrogen functional groups attached to an aromatic ring is 1. The molecule has 0 saturated heterocycles. The van der Waals surface area contributed by atoms with Crippen LogP contribution < -0.4 is 16.6 Å². The van der Waals surface area contributed by atoms with E-state index in [1.807, 2.05) is 0 Å². The molecule has 0 radical (unpaired) electrons. The van der Waals surface area contributed by atoms with Gasteiger partial charge in [0.1, 0.15) is 0 Å². The van der Waals surface area contributed by atoms with Gasteiger partial charge in [0, 0.05) is 6.04 Å². The number of nitrogens with one attached hydrogen (secondary N) is 2. The maximum absolute atomic E-state index is 11.7. The number of rotatable bonds is 4. The van der Waals surface area contributed by atoms with Gasteiger partial charge < -0.3 is 10.7 Å². The molecule has 1 saturated carbocycles. The zero-order valence-electron chi connectivity index (χ0n) is 9.10. The number of amides is 1. The summed E-state index contributed by atoms with van der Waals surface area (Å²) in [6.07, 6.45) is 2.17. The second-order valence-electron chi connectivity index (χ2n) is 3.93. The zero-order chi connectivity index (χ0) is 11.5. The van der Waals surface area contributed by atoms with Crippen molar-refractivity contribution in [2.24, 2.45) is 11.8 Å². The van der Waals surface area contributed by atoms with E-state index in [0.717, 1.165) is 12.8 Å². The number of nitrogens with zero attached hydrogens (tertiary/aromatic N) is 2. The summed E-state index contributed by atoms with van der Waals surface area (Å²) in [4.78, 5) is 11.7. The van der Waals surface area contributed by atoms with Gasteiger partial charge in [-0.1, -0.05) is 13.3 Å². The molecule has 0 aliphatic heterocycles. The van der Waals surface area contributed by atoms with Crippen molar-refractivity contribution in [1.29, 1.82) is 0 Å². The largest absolute Gasteiger partial charge is 0.348 e. The number of hydrazine groups is 1. The molecule has 86 valence electrons. The van der Waals surface area contributed by atoms with Crippen molar-refractivity contribution in [3.05, 3.63) is 17.8 Å². The van der Waals surface area contributed by atoms with Crippen LogP contribution in [0.15, 0.2) is 12.1 Å². The summed E-state index contributed by atoms with van der Waals surface area (Å²) < 4.78 is 0. The third-order valence-electron chi connectivity index (χ3n) is 2.81. The fraction of sp³-hybridized carbons (Fsp3) is 0.500. The van der Waals surface area contributed by atoms with Gasteiger partial charge in [0.05, 0.1) is 0 Å². The summed E-state index contributed by atoms with van der Waals surface area (Å²) in [5, 5.41) is 10.4. The van der Waals surface area contributed by atoms with Crippen LogP contribution in [0.25, 0.3) is 0 Å². The minimum absolute atomic E-state index is 0.169. The van der Waals surface area contributed by atoms with E-state index in [4.69, 9.17) is 5.84 Å². The highest BCUT2D eigenvalue weighted by Gasteiger charge is 2.36. The monoisotopic (exact) mass is 221 g/mol. The Labute approximate surface area is 93.6 Å². The Morgan fingerprint density at radius 1 is 1.56 bits per heavy atom. The summed E-state index contributed by atoms with van der Waals surface area (Å²) in [5.74, 6) is 6.05. The standard InChI is InChI=1S/C10H15N5O/c1-2-6-5-8(6)12-10(16)7-3-4-9(13-11)15-14-7/h3-4,6,8H,2,5,11H2,1H3,(H,12,16)(H,13,15). The van der Waals surface area contributed by atoms with Crippen LogP contribution in [-0.2, 0) is 0 Å². The summed E-state index contributed by atoms with van der Waals surface area (Å²) in [7, 11) is 0. The lowest BCUT2D eigenvalue weighted by atomic mass is 10.3. The Morgan fingerprint density at radius 2 is 2.38 bits per heavy atom. The molecule has 1 fully saturated rings. The predicted molar refractivity (Wildman–Crippen MR) is 59.5 cm³/mol. The van der Waals surface area contributed by atoms with Crippen LogP contribution in [0, 0.1) is 5.92 Å². The fourth-order valence-corrected chi connectivity index (χ4v) is 1.65. The van der Waals surface area contributed by atoms with E-state index < -0.39 is 0 Å². The molecule has 4 N–H and O–H groups in total. The van der Waals surface area contributed by atoms with Crippen molar-refractivity contribution in [3.63, 3.8) is 0 Å². The summed E-state index contributed by atoms with van der Waals surface area (Å²) >= 11 is 0. The zero-order valence-corrected chi connectivity index (χ0v) is 9.10. The van der Waals surface area contributed by atoms with Crippen molar-refractivity contribution in [2.45, 2.75) is 25.8 Å². The van der Waals surface area contributed by atoms with Gasteiger partial charge in [0.25, 0.3) is 5.91 Å². The van der Waals surface area contributed by atoms with Gasteiger partial charge in [-0.05, 0) is 24.5 Å². The third kappa shape index (κ3) is 2.27. The Bertz CT molecular complexity index is 377. The van der Waals surface area contributed by atoms with Gasteiger partial charge >= 0.3 is 0 Å². The number of anilines is 1. The Morgan fingerprint density at radius 3 is 2.88 bits per heavy atom. The first-order valence-electron chi connectivity index (χ1n) is 5.35. The molecule has 0 spiro atoms. The first kappa shape index (κ1) is 10.8. The molecule has 1 aromatic rings. The van der Waals surface area contributed by atoms with Crippen molar-refractivity contribution >= 4 is 11.7 Å². The Hall–Kier alpha value is -1.69. The van der Waals surface area contributed by atoms with Crippen molar-refractivity contribution in [1.82, 2.24) is 15.5 Å². The van der Waals surface area contributed by atoms with Crippen molar-refractivity contribution < 1.29 is 4.79 Å². The van der Waals surface area contributed by atoms with Crippen LogP contribution in [-0.4, -0.2) is 22.1 Å². The number of nitrogens with two attached hydrogens (primary N) is 1. The lowest BCUT2D eigenvalue weighted by molar-refractivity contribution is 0.0943. The van der Waals surface area contributed by atoms with Gasteiger partial charge in [-0.3, -0.25) is 4.79 Å². The molecule has 2 atom stereocenters. The summed E-state index contributed by atoms with van der Waals surface area (Å²) in [5.41, 5.74) is 2.68. The Kier molecular flexibility index (Phi) is 3.00. The number of carbonyl (C=O) groups is 1. The van der Waals surface area contributed by atoms with Crippen LogP contribution in [0.2, 0.25) is 0 Å². The van der Waals surface area contributed by atoms with E-state index in [2.05, 4.69) is 27.9 Å². The van der Waals surface area contributed by atoms with Gasteiger partial charge in [0.15, 0.2) is 11.5 Å². The first-order chi connectivity index (χ1) is 7.74. The van der Waals surface area contributed by atoms with E-state index in [0.29, 0.717) is 23.5 Å².